The Morgan fingerprint density at radius 3 is 2.50 bits per heavy atom. The highest BCUT2D eigenvalue weighted by molar-refractivity contribution is 5.96. The number of aliphatic carboxylic acids is 1. The molecule has 22 heavy (non-hydrogen) atoms. The maximum Gasteiger partial charge on any atom is 0.325 e. The standard InChI is InChI=1S/C15H16FN3O3/c1-8-6-9(2)19(18-8)13-5-4-11(7-12(13)16)14(20)17-10(3)15(21)22/h4-7,10H,1-3H3,(H,17,20)(H,21,22). The molecule has 0 saturated carbocycles. The zero-order valence-electron chi connectivity index (χ0n) is 12.4. The van der Waals surface area contributed by atoms with E-state index in [-0.39, 0.29) is 11.3 Å². The summed E-state index contributed by atoms with van der Waals surface area (Å²) >= 11 is 0. The van der Waals surface area contributed by atoms with Crippen LogP contribution in [0.15, 0.2) is 24.3 Å². The lowest BCUT2D eigenvalue weighted by Gasteiger charge is -2.11. The van der Waals surface area contributed by atoms with E-state index in [1.54, 1.807) is 13.8 Å². The quantitative estimate of drug-likeness (QED) is 0.902. The maximum absolute atomic E-state index is 14.2. The Bertz CT molecular complexity index is 740. The van der Waals surface area contributed by atoms with Gasteiger partial charge >= 0.3 is 5.97 Å². The van der Waals surface area contributed by atoms with Crippen molar-refractivity contribution < 1.29 is 19.1 Å². The molecule has 2 rings (SSSR count). The fourth-order valence-electron chi connectivity index (χ4n) is 2.03. The summed E-state index contributed by atoms with van der Waals surface area (Å²) in [6.45, 7) is 4.94. The highest BCUT2D eigenvalue weighted by Crippen LogP contribution is 2.17. The molecule has 0 saturated heterocycles. The van der Waals surface area contributed by atoms with Gasteiger partial charge in [0.15, 0.2) is 0 Å². The Kier molecular flexibility index (Phi) is 4.25. The van der Waals surface area contributed by atoms with Gasteiger partial charge in [0.2, 0.25) is 0 Å². The molecule has 0 aliphatic carbocycles. The third-order valence-electron chi connectivity index (χ3n) is 3.17. The molecule has 2 N–H and O–H groups in total. The summed E-state index contributed by atoms with van der Waals surface area (Å²) in [6, 6.07) is 4.70. The van der Waals surface area contributed by atoms with E-state index in [9.17, 15) is 14.0 Å². The van der Waals surface area contributed by atoms with Crippen LogP contribution >= 0.6 is 0 Å². The summed E-state index contributed by atoms with van der Waals surface area (Å²) < 4.78 is 15.7. The lowest BCUT2D eigenvalue weighted by Crippen LogP contribution is -2.38. The van der Waals surface area contributed by atoms with Crippen LogP contribution in [0.5, 0.6) is 0 Å². The molecule has 1 unspecified atom stereocenters. The minimum Gasteiger partial charge on any atom is -0.480 e. The molecule has 1 amide bonds. The van der Waals surface area contributed by atoms with Crippen LogP contribution in [-0.2, 0) is 4.79 Å². The van der Waals surface area contributed by atoms with Crippen LogP contribution in [0.4, 0.5) is 4.39 Å². The minimum atomic E-state index is -1.16. The second kappa shape index (κ2) is 5.97. The molecule has 0 aliphatic rings. The predicted molar refractivity (Wildman–Crippen MR) is 77.6 cm³/mol. The van der Waals surface area contributed by atoms with Crippen LogP contribution in [0.2, 0.25) is 0 Å². The molecule has 7 heteroatoms. The second-order valence-electron chi connectivity index (χ2n) is 5.04. The van der Waals surface area contributed by atoms with E-state index in [4.69, 9.17) is 5.11 Å². The van der Waals surface area contributed by atoms with Crippen molar-refractivity contribution in [2.45, 2.75) is 26.8 Å². The molecular weight excluding hydrogens is 289 g/mol. The zero-order valence-corrected chi connectivity index (χ0v) is 12.4. The van der Waals surface area contributed by atoms with Gasteiger partial charge in [-0.3, -0.25) is 9.59 Å². The first-order valence-electron chi connectivity index (χ1n) is 6.66. The molecule has 116 valence electrons. The minimum absolute atomic E-state index is 0.0517. The van der Waals surface area contributed by atoms with Crippen molar-refractivity contribution in [3.63, 3.8) is 0 Å². The molecule has 0 aliphatic heterocycles. The fourth-order valence-corrected chi connectivity index (χ4v) is 2.03. The van der Waals surface area contributed by atoms with Gasteiger partial charge in [0, 0.05) is 11.3 Å². The first-order valence-corrected chi connectivity index (χ1v) is 6.66. The summed E-state index contributed by atoms with van der Waals surface area (Å²) in [4.78, 5) is 22.6. The lowest BCUT2D eigenvalue weighted by atomic mass is 10.1. The van der Waals surface area contributed by atoms with Crippen LogP contribution in [0.3, 0.4) is 0 Å². The number of benzene rings is 1. The van der Waals surface area contributed by atoms with E-state index in [0.29, 0.717) is 0 Å². The number of amides is 1. The maximum atomic E-state index is 14.2. The average Bonchev–Trinajstić information content (AvgIpc) is 2.77. The van der Waals surface area contributed by atoms with Crippen molar-refractivity contribution in [2.24, 2.45) is 0 Å². The van der Waals surface area contributed by atoms with Gasteiger partial charge in [0.25, 0.3) is 5.91 Å². The first kappa shape index (κ1) is 15.7. The van der Waals surface area contributed by atoms with Gasteiger partial charge in [0.05, 0.1) is 5.69 Å². The van der Waals surface area contributed by atoms with E-state index in [1.165, 1.54) is 23.7 Å². The molecule has 1 heterocycles. The molecule has 0 bridgehead atoms. The van der Waals surface area contributed by atoms with E-state index < -0.39 is 23.7 Å². The van der Waals surface area contributed by atoms with Gasteiger partial charge in [-0.2, -0.15) is 5.10 Å². The molecule has 1 aromatic carbocycles. The molecule has 0 spiro atoms. The van der Waals surface area contributed by atoms with Gasteiger partial charge in [-0.1, -0.05) is 0 Å². The monoisotopic (exact) mass is 305 g/mol. The molecular formula is C15H16FN3O3. The zero-order chi connectivity index (χ0) is 16.4. The summed E-state index contributed by atoms with van der Waals surface area (Å²) in [5, 5.41) is 15.2. The first-order chi connectivity index (χ1) is 10.3. The molecule has 0 fully saturated rings. The summed E-state index contributed by atoms with van der Waals surface area (Å²) in [6.07, 6.45) is 0. The van der Waals surface area contributed by atoms with Crippen LogP contribution in [-0.4, -0.2) is 32.8 Å². The largest absolute Gasteiger partial charge is 0.480 e. The molecule has 1 atom stereocenters. The fraction of sp³-hybridized carbons (Fsp3) is 0.267. The SMILES string of the molecule is Cc1cc(C)n(-c2ccc(C(=O)NC(C)C(=O)O)cc2F)n1. The lowest BCUT2D eigenvalue weighted by molar-refractivity contribution is -0.138. The average molecular weight is 305 g/mol. The Hall–Kier alpha value is -2.70. The number of hydrogen-bond acceptors (Lipinski definition) is 3. The number of carbonyl (C=O) groups is 2. The Balaban J connectivity index is 2.28. The number of halogens is 1. The van der Waals surface area contributed by atoms with E-state index in [1.807, 2.05) is 6.07 Å². The van der Waals surface area contributed by atoms with Crippen LogP contribution in [0.25, 0.3) is 5.69 Å². The Labute approximate surface area is 126 Å². The number of carbonyl (C=O) groups excluding carboxylic acids is 1. The van der Waals surface area contributed by atoms with Crippen molar-refractivity contribution in [1.82, 2.24) is 15.1 Å². The highest BCUT2D eigenvalue weighted by atomic mass is 19.1. The van der Waals surface area contributed by atoms with Crippen LogP contribution in [0.1, 0.15) is 28.7 Å². The number of nitrogens with one attached hydrogen (secondary N) is 1. The summed E-state index contributed by atoms with van der Waals surface area (Å²) in [5.41, 5.74) is 1.81. The van der Waals surface area contributed by atoms with Crippen molar-refractivity contribution >= 4 is 11.9 Å². The van der Waals surface area contributed by atoms with Gasteiger partial charge in [0.1, 0.15) is 17.5 Å². The number of carboxylic acid groups (broad SMARTS) is 1. The number of aryl methyl sites for hydroxylation is 2. The number of hydrogen-bond donors (Lipinski definition) is 2. The van der Waals surface area contributed by atoms with E-state index in [2.05, 4.69) is 10.4 Å². The predicted octanol–water partition coefficient (Wildman–Crippen LogP) is 1.83. The molecule has 2 aromatic rings. The Morgan fingerprint density at radius 2 is 2.00 bits per heavy atom. The van der Waals surface area contributed by atoms with Gasteiger partial charge in [-0.05, 0) is 45.0 Å². The van der Waals surface area contributed by atoms with Gasteiger partial charge in [-0.15, -0.1) is 0 Å². The van der Waals surface area contributed by atoms with E-state index >= 15 is 0 Å². The highest BCUT2D eigenvalue weighted by Gasteiger charge is 2.17. The molecule has 6 nitrogen and oxygen atoms in total. The number of nitrogens with zero attached hydrogens (tertiary/aromatic N) is 2. The van der Waals surface area contributed by atoms with Crippen LogP contribution in [0, 0.1) is 19.7 Å². The van der Waals surface area contributed by atoms with Crippen molar-refractivity contribution in [1.29, 1.82) is 0 Å². The van der Waals surface area contributed by atoms with Crippen molar-refractivity contribution in [2.75, 3.05) is 0 Å². The van der Waals surface area contributed by atoms with Crippen molar-refractivity contribution in [3.05, 3.63) is 47.0 Å². The third kappa shape index (κ3) is 3.13. The molecule has 0 radical (unpaired) electrons. The van der Waals surface area contributed by atoms with Crippen LogP contribution < -0.4 is 5.32 Å². The summed E-state index contributed by atoms with van der Waals surface area (Å²) in [7, 11) is 0. The number of carboxylic acids is 1. The normalized spacial score (nSPS) is 12.0. The topological polar surface area (TPSA) is 84.2 Å². The summed E-state index contributed by atoms with van der Waals surface area (Å²) in [5.74, 6) is -2.41. The van der Waals surface area contributed by atoms with Gasteiger partial charge in [-0.25, -0.2) is 9.07 Å². The Morgan fingerprint density at radius 1 is 1.32 bits per heavy atom. The smallest absolute Gasteiger partial charge is 0.325 e. The number of rotatable bonds is 4. The van der Waals surface area contributed by atoms with Crippen molar-refractivity contribution in [3.8, 4) is 5.69 Å². The number of aromatic nitrogens is 2. The molecule has 1 aromatic heterocycles. The second-order valence-corrected chi connectivity index (χ2v) is 5.04. The van der Waals surface area contributed by atoms with Gasteiger partial charge < -0.3 is 10.4 Å². The van der Waals surface area contributed by atoms with E-state index in [0.717, 1.165) is 17.5 Å². The third-order valence-corrected chi connectivity index (χ3v) is 3.17.